The summed E-state index contributed by atoms with van der Waals surface area (Å²) in [5.74, 6) is -0.261. The lowest BCUT2D eigenvalue weighted by molar-refractivity contribution is 0.0600. The molecular weight excluding hydrogens is 252 g/mol. The molecule has 2 aliphatic heterocycles. The van der Waals surface area contributed by atoms with Crippen molar-refractivity contribution in [3.05, 3.63) is 35.4 Å². The highest BCUT2D eigenvalue weighted by Crippen LogP contribution is 2.21. The second-order valence-corrected chi connectivity index (χ2v) is 5.85. The highest BCUT2D eigenvalue weighted by atomic mass is 16.5. The van der Waals surface area contributed by atoms with Gasteiger partial charge >= 0.3 is 5.97 Å². The molecule has 1 N–H and O–H groups in total. The van der Waals surface area contributed by atoms with E-state index in [-0.39, 0.29) is 5.97 Å². The van der Waals surface area contributed by atoms with Gasteiger partial charge in [-0.2, -0.15) is 0 Å². The average Bonchev–Trinajstić information content (AvgIpc) is 2.81. The molecule has 0 spiro atoms. The molecule has 0 saturated carbocycles. The molecule has 108 valence electrons. The average molecular weight is 274 g/mol. The van der Waals surface area contributed by atoms with Gasteiger partial charge in [-0.05, 0) is 37.0 Å². The zero-order valence-electron chi connectivity index (χ0n) is 12.0. The Morgan fingerprint density at radius 3 is 3.05 bits per heavy atom. The topological polar surface area (TPSA) is 41.6 Å². The number of hydrogen-bond acceptors (Lipinski definition) is 4. The Kier molecular flexibility index (Phi) is 4.03. The first-order chi connectivity index (χ1) is 9.74. The third-order valence-electron chi connectivity index (χ3n) is 4.36. The summed E-state index contributed by atoms with van der Waals surface area (Å²) < 4.78 is 4.78. The maximum Gasteiger partial charge on any atom is 0.337 e. The number of hydrogen-bond donors (Lipinski definition) is 1. The van der Waals surface area contributed by atoms with Crippen molar-refractivity contribution in [2.75, 3.05) is 20.2 Å². The number of likely N-dealkylation sites (tertiary alicyclic amines) is 1. The molecule has 0 aliphatic carbocycles. The fraction of sp³-hybridized carbons (Fsp3) is 0.562. The molecule has 4 heteroatoms. The highest BCUT2D eigenvalue weighted by molar-refractivity contribution is 5.89. The van der Waals surface area contributed by atoms with Crippen LogP contribution in [0.1, 0.15) is 35.2 Å². The number of fused-ring (bicyclic) bond motifs is 2. The van der Waals surface area contributed by atoms with E-state index in [9.17, 15) is 4.79 Å². The first kappa shape index (κ1) is 13.6. The van der Waals surface area contributed by atoms with Gasteiger partial charge in [-0.15, -0.1) is 0 Å². The van der Waals surface area contributed by atoms with Gasteiger partial charge in [0.25, 0.3) is 0 Å². The maximum absolute atomic E-state index is 11.6. The van der Waals surface area contributed by atoms with Gasteiger partial charge in [-0.1, -0.05) is 12.1 Å². The highest BCUT2D eigenvalue weighted by Gasteiger charge is 2.29. The monoisotopic (exact) mass is 274 g/mol. The number of carbonyl (C=O) groups is 1. The summed E-state index contributed by atoms with van der Waals surface area (Å²) in [5, 5.41) is 3.69. The first-order valence-electron chi connectivity index (χ1n) is 7.40. The Morgan fingerprint density at radius 2 is 2.20 bits per heavy atom. The molecule has 2 unspecified atom stereocenters. The third kappa shape index (κ3) is 3.02. The minimum atomic E-state index is -0.261. The number of rotatable bonds is 3. The van der Waals surface area contributed by atoms with Crippen molar-refractivity contribution in [2.45, 2.75) is 37.9 Å². The summed E-state index contributed by atoms with van der Waals surface area (Å²) in [6, 6.07) is 9.13. The smallest absolute Gasteiger partial charge is 0.337 e. The number of ether oxygens (including phenoxy) is 1. The van der Waals surface area contributed by atoms with Crippen molar-refractivity contribution in [1.29, 1.82) is 0 Å². The van der Waals surface area contributed by atoms with Crippen LogP contribution >= 0.6 is 0 Å². The van der Waals surface area contributed by atoms with Crippen molar-refractivity contribution in [3.8, 4) is 0 Å². The summed E-state index contributed by atoms with van der Waals surface area (Å²) in [7, 11) is 1.42. The molecule has 2 fully saturated rings. The Morgan fingerprint density at radius 1 is 1.35 bits per heavy atom. The molecule has 1 aromatic carbocycles. The predicted molar refractivity (Wildman–Crippen MR) is 77.6 cm³/mol. The Bertz CT molecular complexity index is 489. The molecule has 0 radical (unpaired) electrons. The van der Waals surface area contributed by atoms with E-state index in [0.717, 1.165) is 19.6 Å². The molecule has 20 heavy (non-hydrogen) atoms. The van der Waals surface area contributed by atoms with Crippen molar-refractivity contribution in [1.82, 2.24) is 10.2 Å². The molecular formula is C16H22N2O2. The quantitative estimate of drug-likeness (QED) is 0.853. The van der Waals surface area contributed by atoms with Gasteiger partial charge in [-0.3, -0.25) is 4.90 Å². The second kappa shape index (κ2) is 5.94. The van der Waals surface area contributed by atoms with Crippen molar-refractivity contribution >= 4 is 5.97 Å². The number of benzene rings is 1. The van der Waals surface area contributed by atoms with Crippen LogP contribution in [-0.4, -0.2) is 43.2 Å². The maximum atomic E-state index is 11.6. The van der Waals surface area contributed by atoms with E-state index in [1.54, 1.807) is 6.07 Å². The normalized spacial score (nSPS) is 26.2. The molecule has 2 aliphatic rings. The summed E-state index contributed by atoms with van der Waals surface area (Å²) in [4.78, 5) is 14.1. The van der Waals surface area contributed by atoms with Gasteiger partial charge in [0.15, 0.2) is 0 Å². The SMILES string of the molecule is COC(=O)c1cccc(CN2CCC3CCC(C2)N3)c1. The zero-order valence-corrected chi connectivity index (χ0v) is 12.0. The molecule has 0 aromatic heterocycles. The molecule has 2 heterocycles. The van der Waals surface area contributed by atoms with E-state index in [1.807, 2.05) is 12.1 Å². The Hall–Kier alpha value is -1.39. The fourth-order valence-corrected chi connectivity index (χ4v) is 3.33. The van der Waals surface area contributed by atoms with Crippen molar-refractivity contribution in [3.63, 3.8) is 0 Å². The second-order valence-electron chi connectivity index (χ2n) is 5.85. The van der Waals surface area contributed by atoms with Crippen molar-refractivity contribution in [2.24, 2.45) is 0 Å². The van der Waals surface area contributed by atoms with Gasteiger partial charge in [0.05, 0.1) is 12.7 Å². The van der Waals surface area contributed by atoms with Gasteiger partial charge in [0, 0.05) is 31.7 Å². The van der Waals surface area contributed by atoms with Crippen molar-refractivity contribution < 1.29 is 9.53 Å². The van der Waals surface area contributed by atoms with E-state index in [4.69, 9.17) is 4.74 Å². The molecule has 2 bridgehead atoms. The van der Waals surface area contributed by atoms with Gasteiger partial charge in [-0.25, -0.2) is 4.79 Å². The molecule has 4 nitrogen and oxygen atoms in total. The lowest BCUT2D eigenvalue weighted by atomic mass is 10.1. The lowest BCUT2D eigenvalue weighted by Crippen LogP contribution is -2.34. The van der Waals surface area contributed by atoms with E-state index < -0.39 is 0 Å². The van der Waals surface area contributed by atoms with Crippen LogP contribution in [0, 0.1) is 0 Å². The fourth-order valence-electron chi connectivity index (χ4n) is 3.33. The predicted octanol–water partition coefficient (Wildman–Crippen LogP) is 1.80. The lowest BCUT2D eigenvalue weighted by Gasteiger charge is -2.24. The standard InChI is InChI=1S/C16H22N2O2/c1-20-16(19)13-4-2-3-12(9-13)10-18-8-7-14-5-6-15(11-18)17-14/h2-4,9,14-15,17H,5-8,10-11H2,1H3. The summed E-state index contributed by atoms with van der Waals surface area (Å²) in [6.45, 7) is 3.16. The molecule has 1 aromatic rings. The minimum absolute atomic E-state index is 0.261. The largest absolute Gasteiger partial charge is 0.465 e. The number of nitrogens with one attached hydrogen (secondary N) is 1. The van der Waals surface area contributed by atoms with E-state index in [1.165, 1.54) is 31.9 Å². The zero-order chi connectivity index (χ0) is 13.9. The minimum Gasteiger partial charge on any atom is -0.465 e. The summed E-state index contributed by atoms with van der Waals surface area (Å²) in [5.41, 5.74) is 1.82. The van der Waals surface area contributed by atoms with E-state index in [0.29, 0.717) is 17.6 Å². The Labute approximate surface area is 120 Å². The molecule has 3 rings (SSSR count). The van der Waals surface area contributed by atoms with Crippen LogP contribution in [0.4, 0.5) is 0 Å². The van der Waals surface area contributed by atoms with Gasteiger partial charge in [0.2, 0.25) is 0 Å². The number of esters is 1. The van der Waals surface area contributed by atoms with Crippen LogP contribution in [0.25, 0.3) is 0 Å². The summed E-state index contributed by atoms with van der Waals surface area (Å²) in [6.07, 6.45) is 3.85. The van der Waals surface area contributed by atoms with E-state index in [2.05, 4.69) is 16.3 Å². The van der Waals surface area contributed by atoms with Crippen LogP contribution in [-0.2, 0) is 11.3 Å². The molecule has 2 atom stereocenters. The molecule has 0 amide bonds. The summed E-state index contributed by atoms with van der Waals surface area (Å²) >= 11 is 0. The number of nitrogens with zero attached hydrogens (tertiary/aromatic N) is 1. The van der Waals surface area contributed by atoms with E-state index >= 15 is 0 Å². The van der Waals surface area contributed by atoms with Gasteiger partial charge in [0.1, 0.15) is 0 Å². The van der Waals surface area contributed by atoms with Crippen LogP contribution in [0.15, 0.2) is 24.3 Å². The number of methoxy groups -OCH3 is 1. The van der Waals surface area contributed by atoms with Gasteiger partial charge < -0.3 is 10.1 Å². The third-order valence-corrected chi connectivity index (χ3v) is 4.36. The number of carbonyl (C=O) groups excluding carboxylic acids is 1. The first-order valence-corrected chi connectivity index (χ1v) is 7.40. The Balaban J connectivity index is 1.66. The van der Waals surface area contributed by atoms with Crippen LogP contribution < -0.4 is 5.32 Å². The van der Waals surface area contributed by atoms with Crippen LogP contribution in [0.3, 0.4) is 0 Å². The molecule has 2 saturated heterocycles. The van der Waals surface area contributed by atoms with Crippen LogP contribution in [0.2, 0.25) is 0 Å². The van der Waals surface area contributed by atoms with Crippen LogP contribution in [0.5, 0.6) is 0 Å².